The van der Waals surface area contributed by atoms with Crippen molar-refractivity contribution < 1.29 is 13.9 Å². The van der Waals surface area contributed by atoms with Crippen LogP contribution in [0.1, 0.15) is 38.9 Å². The lowest BCUT2D eigenvalue weighted by Gasteiger charge is -2.13. The first-order chi connectivity index (χ1) is 13.0. The zero-order valence-corrected chi connectivity index (χ0v) is 15.2. The molecule has 136 valence electrons. The van der Waals surface area contributed by atoms with Gasteiger partial charge in [0.2, 0.25) is 5.76 Å². The van der Waals surface area contributed by atoms with E-state index in [1.807, 2.05) is 32.0 Å². The monoisotopic (exact) mass is 361 g/mol. The Bertz CT molecular complexity index is 1130. The molecule has 0 saturated heterocycles. The number of carbonyl (C=O) groups is 1. The number of carbonyl (C=O) groups excluding carboxylic acids is 1. The number of benzene rings is 2. The summed E-state index contributed by atoms with van der Waals surface area (Å²) < 4.78 is 11.3. The predicted molar refractivity (Wildman–Crippen MR) is 103 cm³/mol. The highest BCUT2D eigenvalue weighted by molar-refractivity contribution is 5.99. The maximum Gasteiger partial charge on any atom is 0.288 e. The van der Waals surface area contributed by atoms with Crippen molar-refractivity contribution in [3.63, 3.8) is 0 Å². The van der Waals surface area contributed by atoms with E-state index >= 15 is 0 Å². The SMILES string of the molecule is C=CCOc1ccc(C2NC(=O)c3oc4cc(C)cc(C)c4c(=O)c32)cc1. The molecular weight excluding hydrogens is 342 g/mol. The highest BCUT2D eigenvalue weighted by Gasteiger charge is 2.36. The van der Waals surface area contributed by atoms with E-state index in [4.69, 9.17) is 9.15 Å². The molecule has 4 rings (SSSR count). The summed E-state index contributed by atoms with van der Waals surface area (Å²) in [6, 6.07) is 10.5. The van der Waals surface area contributed by atoms with Gasteiger partial charge in [0.25, 0.3) is 5.91 Å². The Labute approximate surface area is 156 Å². The first-order valence-corrected chi connectivity index (χ1v) is 8.72. The molecule has 1 N–H and O–H groups in total. The molecule has 0 radical (unpaired) electrons. The van der Waals surface area contributed by atoms with Crippen molar-refractivity contribution in [3.8, 4) is 5.75 Å². The second-order valence-electron chi connectivity index (χ2n) is 6.70. The van der Waals surface area contributed by atoms with Crippen LogP contribution in [-0.4, -0.2) is 12.5 Å². The van der Waals surface area contributed by atoms with Gasteiger partial charge in [-0.2, -0.15) is 0 Å². The van der Waals surface area contributed by atoms with Crippen LogP contribution >= 0.6 is 0 Å². The molecule has 1 unspecified atom stereocenters. The smallest absolute Gasteiger partial charge is 0.288 e. The van der Waals surface area contributed by atoms with Crippen molar-refractivity contribution in [3.05, 3.63) is 87.3 Å². The van der Waals surface area contributed by atoms with Crippen LogP contribution in [0.3, 0.4) is 0 Å². The molecule has 5 heteroatoms. The molecule has 27 heavy (non-hydrogen) atoms. The summed E-state index contributed by atoms with van der Waals surface area (Å²) in [4.78, 5) is 25.6. The first-order valence-electron chi connectivity index (χ1n) is 8.72. The molecule has 1 aliphatic heterocycles. The van der Waals surface area contributed by atoms with E-state index in [2.05, 4.69) is 11.9 Å². The Morgan fingerprint density at radius 3 is 2.63 bits per heavy atom. The third-order valence-electron chi connectivity index (χ3n) is 4.72. The summed E-state index contributed by atoms with van der Waals surface area (Å²) >= 11 is 0. The number of amides is 1. The van der Waals surface area contributed by atoms with Gasteiger partial charge in [0.1, 0.15) is 17.9 Å². The van der Waals surface area contributed by atoms with Gasteiger partial charge in [0.05, 0.1) is 17.0 Å². The summed E-state index contributed by atoms with van der Waals surface area (Å²) in [7, 11) is 0. The molecule has 2 heterocycles. The highest BCUT2D eigenvalue weighted by Crippen LogP contribution is 2.32. The average molecular weight is 361 g/mol. The molecule has 0 saturated carbocycles. The van der Waals surface area contributed by atoms with Gasteiger partial charge in [-0.15, -0.1) is 0 Å². The molecule has 2 aromatic carbocycles. The average Bonchev–Trinajstić information content (AvgIpc) is 2.97. The summed E-state index contributed by atoms with van der Waals surface area (Å²) in [6.07, 6.45) is 1.67. The summed E-state index contributed by atoms with van der Waals surface area (Å²) in [5.41, 5.74) is 3.25. The molecule has 0 fully saturated rings. The zero-order valence-electron chi connectivity index (χ0n) is 15.2. The van der Waals surface area contributed by atoms with Crippen molar-refractivity contribution in [2.75, 3.05) is 6.61 Å². The van der Waals surface area contributed by atoms with E-state index in [0.717, 1.165) is 16.7 Å². The molecule has 5 nitrogen and oxygen atoms in total. The quantitative estimate of drug-likeness (QED) is 0.718. The highest BCUT2D eigenvalue weighted by atomic mass is 16.5. The van der Waals surface area contributed by atoms with Gasteiger partial charge in [-0.1, -0.05) is 30.9 Å². The van der Waals surface area contributed by atoms with E-state index in [9.17, 15) is 9.59 Å². The topological polar surface area (TPSA) is 68.5 Å². The Morgan fingerprint density at radius 2 is 1.93 bits per heavy atom. The van der Waals surface area contributed by atoms with Gasteiger partial charge in [0, 0.05) is 0 Å². The third kappa shape index (κ3) is 2.81. The number of nitrogens with one attached hydrogen (secondary N) is 1. The van der Waals surface area contributed by atoms with Crippen LogP contribution in [0.5, 0.6) is 5.75 Å². The van der Waals surface area contributed by atoms with Gasteiger partial charge in [-0.25, -0.2) is 0 Å². The van der Waals surface area contributed by atoms with Gasteiger partial charge in [-0.05, 0) is 48.7 Å². The van der Waals surface area contributed by atoms with Crippen molar-refractivity contribution in [2.45, 2.75) is 19.9 Å². The van der Waals surface area contributed by atoms with Crippen molar-refractivity contribution in [1.29, 1.82) is 0 Å². The molecule has 1 atom stereocenters. The Balaban J connectivity index is 1.84. The summed E-state index contributed by atoms with van der Waals surface area (Å²) in [6.45, 7) is 7.84. The fraction of sp³-hybridized carbons (Fsp3) is 0.182. The minimum atomic E-state index is -0.540. The van der Waals surface area contributed by atoms with Crippen molar-refractivity contribution >= 4 is 16.9 Å². The van der Waals surface area contributed by atoms with Crippen LogP contribution in [0, 0.1) is 13.8 Å². The molecule has 1 amide bonds. The number of fused-ring (bicyclic) bond motifs is 2. The van der Waals surface area contributed by atoms with Crippen LogP contribution in [-0.2, 0) is 0 Å². The second kappa shape index (κ2) is 6.43. The lowest BCUT2D eigenvalue weighted by atomic mass is 9.97. The van der Waals surface area contributed by atoms with Crippen LogP contribution in [0.25, 0.3) is 11.0 Å². The Morgan fingerprint density at radius 1 is 1.19 bits per heavy atom. The zero-order chi connectivity index (χ0) is 19.1. The number of aryl methyl sites for hydroxylation is 2. The first kappa shape index (κ1) is 17.1. The third-order valence-corrected chi connectivity index (χ3v) is 4.72. The minimum Gasteiger partial charge on any atom is -0.490 e. The molecule has 1 aromatic heterocycles. The Kier molecular flexibility index (Phi) is 4.07. The van der Waals surface area contributed by atoms with Crippen LogP contribution in [0.2, 0.25) is 0 Å². The van der Waals surface area contributed by atoms with E-state index in [1.54, 1.807) is 24.3 Å². The number of hydrogen-bond acceptors (Lipinski definition) is 4. The lowest BCUT2D eigenvalue weighted by molar-refractivity contribution is 0.0938. The minimum absolute atomic E-state index is 0.0921. The molecule has 0 aliphatic carbocycles. The van der Waals surface area contributed by atoms with Crippen LogP contribution in [0.4, 0.5) is 0 Å². The molecule has 0 bridgehead atoms. The Hall–Kier alpha value is -3.34. The van der Waals surface area contributed by atoms with E-state index < -0.39 is 6.04 Å². The maximum atomic E-state index is 13.2. The number of hydrogen-bond donors (Lipinski definition) is 1. The molecule has 3 aromatic rings. The van der Waals surface area contributed by atoms with E-state index in [-0.39, 0.29) is 17.1 Å². The molecular formula is C22H19NO4. The predicted octanol–water partition coefficient (Wildman–Crippen LogP) is 3.81. The van der Waals surface area contributed by atoms with Gasteiger partial charge >= 0.3 is 0 Å². The number of rotatable bonds is 4. The van der Waals surface area contributed by atoms with Gasteiger partial charge in [-0.3, -0.25) is 9.59 Å². The normalized spacial score (nSPS) is 15.5. The van der Waals surface area contributed by atoms with Gasteiger partial charge < -0.3 is 14.5 Å². The van der Waals surface area contributed by atoms with Crippen LogP contribution in [0.15, 0.2) is 58.3 Å². The van der Waals surface area contributed by atoms with Crippen molar-refractivity contribution in [2.24, 2.45) is 0 Å². The van der Waals surface area contributed by atoms with Crippen LogP contribution < -0.4 is 15.5 Å². The number of ether oxygens (including phenoxy) is 1. The second-order valence-corrected chi connectivity index (χ2v) is 6.70. The lowest BCUT2D eigenvalue weighted by Crippen LogP contribution is -2.22. The molecule has 1 aliphatic rings. The van der Waals surface area contributed by atoms with E-state index in [1.165, 1.54) is 0 Å². The summed E-state index contributed by atoms with van der Waals surface area (Å²) in [5, 5.41) is 3.38. The fourth-order valence-corrected chi connectivity index (χ4v) is 3.56. The fourth-order valence-electron chi connectivity index (χ4n) is 3.56. The maximum absolute atomic E-state index is 13.2. The standard InChI is InChI=1S/C22H19NO4/c1-4-9-26-15-7-5-14(6-8-15)19-18-20(24)17-13(3)10-12(2)11-16(17)27-21(18)22(25)23-19/h4-8,10-11,19H,1,9H2,2-3H3,(H,23,25). The van der Waals surface area contributed by atoms with E-state index in [0.29, 0.717) is 28.9 Å². The molecule has 0 spiro atoms. The van der Waals surface area contributed by atoms with Gasteiger partial charge in [0.15, 0.2) is 5.43 Å². The largest absolute Gasteiger partial charge is 0.490 e. The van der Waals surface area contributed by atoms with Crippen molar-refractivity contribution in [1.82, 2.24) is 5.32 Å². The summed E-state index contributed by atoms with van der Waals surface area (Å²) in [5.74, 6) is 0.412.